The van der Waals surface area contributed by atoms with Gasteiger partial charge >= 0.3 is 0 Å². The summed E-state index contributed by atoms with van der Waals surface area (Å²) >= 11 is 0. The number of carbonyl (C=O) groups excluding carboxylic acids is 1. The van der Waals surface area contributed by atoms with E-state index in [1.54, 1.807) is 0 Å². The second kappa shape index (κ2) is 7.33. The first-order valence-electron chi connectivity index (χ1n) is 6.49. The van der Waals surface area contributed by atoms with E-state index in [1.165, 1.54) is 0 Å². The van der Waals surface area contributed by atoms with Crippen molar-refractivity contribution in [1.29, 1.82) is 0 Å². The van der Waals surface area contributed by atoms with Gasteiger partial charge in [0, 0.05) is 30.5 Å². The van der Waals surface area contributed by atoms with Crippen molar-refractivity contribution in [3.63, 3.8) is 0 Å². The van der Waals surface area contributed by atoms with Crippen LogP contribution in [0.5, 0.6) is 0 Å². The Hall–Kier alpha value is -1.30. The van der Waals surface area contributed by atoms with E-state index in [4.69, 9.17) is 0 Å². The van der Waals surface area contributed by atoms with Crippen molar-refractivity contribution in [2.45, 2.75) is 26.3 Å². The minimum Gasteiger partial charge on any atom is -0.299 e. The average molecular weight is 278 g/mol. The molecule has 2 nitrogen and oxygen atoms in total. The fourth-order valence-corrected chi connectivity index (χ4v) is 2.26. The minimum absolute atomic E-state index is 0. The van der Waals surface area contributed by atoms with Crippen LogP contribution in [0.25, 0.3) is 0 Å². The van der Waals surface area contributed by atoms with Crippen LogP contribution in [0.2, 0.25) is 0 Å². The number of nitrogens with zero attached hydrogens (tertiary/aromatic N) is 1. The molecule has 1 saturated heterocycles. The number of hydrogen-bond acceptors (Lipinski definition) is 2. The summed E-state index contributed by atoms with van der Waals surface area (Å²) in [6.45, 7) is 5.72. The number of likely N-dealkylation sites (tertiary alicyclic amines) is 1. The molecular formula is C16H20ClNO. The van der Waals surface area contributed by atoms with E-state index in [0.717, 1.165) is 18.7 Å². The van der Waals surface area contributed by atoms with Crippen LogP contribution in [-0.4, -0.2) is 29.8 Å². The largest absolute Gasteiger partial charge is 0.299 e. The Bertz CT molecular complexity index is 475. The Morgan fingerprint density at radius 2 is 1.95 bits per heavy atom. The molecule has 3 heteroatoms. The molecule has 0 amide bonds. The van der Waals surface area contributed by atoms with E-state index in [9.17, 15) is 4.79 Å². The monoisotopic (exact) mass is 277 g/mol. The highest BCUT2D eigenvalue weighted by Crippen LogP contribution is 2.19. The standard InChI is InChI=1S/C16H19NO.ClH/c1-13-14(2)17(12-10-16(13)18)11-6-9-15-7-4-3-5-8-15;/h3-5,7-8,13-14H,10-12H2,1-2H3;1H. The van der Waals surface area contributed by atoms with Gasteiger partial charge in [-0.05, 0) is 19.1 Å². The van der Waals surface area contributed by atoms with Gasteiger partial charge in [-0.2, -0.15) is 0 Å². The van der Waals surface area contributed by atoms with Crippen molar-refractivity contribution in [3.05, 3.63) is 35.9 Å². The molecule has 1 aliphatic rings. The molecule has 1 heterocycles. The normalized spacial score (nSPS) is 23.2. The summed E-state index contributed by atoms with van der Waals surface area (Å²) in [5.74, 6) is 6.88. The lowest BCUT2D eigenvalue weighted by Gasteiger charge is -2.35. The van der Waals surface area contributed by atoms with Gasteiger partial charge in [-0.3, -0.25) is 9.69 Å². The molecule has 0 aliphatic carbocycles. The zero-order valence-corrected chi connectivity index (χ0v) is 12.2. The highest BCUT2D eigenvalue weighted by Gasteiger charge is 2.29. The minimum atomic E-state index is 0. The van der Waals surface area contributed by atoms with Crippen molar-refractivity contribution < 1.29 is 4.79 Å². The fourth-order valence-electron chi connectivity index (χ4n) is 2.26. The van der Waals surface area contributed by atoms with Gasteiger partial charge in [-0.25, -0.2) is 0 Å². The van der Waals surface area contributed by atoms with Crippen molar-refractivity contribution in [2.75, 3.05) is 13.1 Å². The molecule has 0 N–H and O–H groups in total. The molecule has 2 rings (SSSR count). The molecule has 0 bridgehead atoms. The van der Waals surface area contributed by atoms with Crippen LogP contribution in [0.4, 0.5) is 0 Å². The molecule has 0 saturated carbocycles. The molecule has 1 aliphatic heterocycles. The zero-order chi connectivity index (χ0) is 13.0. The van der Waals surface area contributed by atoms with E-state index >= 15 is 0 Å². The molecule has 1 aromatic rings. The quantitative estimate of drug-likeness (QED) is 0.736. The van der Waals surface area contributed by atoms with Crippen LogP contribution in [-0.2, 0) is 4.79 Å². The summed E-state index contributed by atoms with van der Waals surface area (Å²) in [7, 11) is 0. The third-order valence-electron chi connectivity index (χ3n) is 3.74. The summed E-state index contributed by atoms with van der Waals surface area (Å²) in [4.78, 5) is 13.9. The molecule has 1 aromatic carbocycles. The second-order valence-corrected chi connectivity index (χ2v) is 4.88. The number of hydrogen-bond donors (Lipinski definition) is 0. The lowest BCUT2D eigenvalue weighted by atomic mass is 9.91. The summed E-state index contributed by atoms with van der Waals surface area (Å²) < 4.78 is 0. The van der Waals surface area contributed by atoms with Crippen LogP contribution >= 0.6 is 12.4 Å². The lowest BCUT2D eigenvalue weighted by molar-refractivity contribution is -0.127. The summed E-state index contributed by atoms with van der Waals surface area (Å²) in [6.07, 6.45) is 0.665. The van der Waals surface area contributed by atoms with E-state index in [-0.39, 0.29) is 18.3 Å². The first-order chi connectivity index (χ1) is 8.68. The van der Waals surface area contributed by atoms with Crippen molar-refractivity contribution in [1.82, 2.24) is 4.90 Å². The van der Waals surface area contributed by atoms with Crippen LogP contribution in [0.3, 0.4) is 0 Å². The number of carbonyl (C=O) groups is 1. The molecule has 2 atom stereocenters. The van der Waals surface area contributed by atoms with Crippen LogP contribution < -0.4 is 0 Å². The summed E-state index contributed by atoms with van der Waals surface area (Å²) in [6, 6.07) is 10.3. The Labute approximate surface area is 121 Å². The first-order valence-corrected chi connectivity index (χ1v) is 6.49. The molecule has 1 fully saturated rings. The molecule has 0 radical (unpaired) electrons. The summed E-state index contributed by atoms with van der Waals surface area (Å²) in [5, 5.41) is 0. The predicted octanol–water partition coefficient (Wildman–Crippen LogP) is 2.76. The number of benzene rings is 1. The first kappa shape index (κ1) is 15.8. The van der Waals surface area contributed by atoms with Gasteiger partial charge in [0.1, 0.15) is 5.78 Å². The second-order valence-electron chi connectivity index (χ2n) is 4.88. The van der Waals surface area contributed by atoms with Crippen LogP contribution in [0.15, 0.2) is 30.3 Å². The van der Waals surface area contributed by atoms with Crippen LogP contribution in [0.1, 0.15) is 25.8 Å². The van der Waals surface area contributed by atoms with Gasteiger partial charge in [0.15, 0.2) is 0 Å². The van der Waals surface area contributed by atoms with Gasteiger partial charge in [-0.1, -0.05) is 37.0 Å². The maximum atomic E-state index is 11.6. The molecule has 2 unspecified atom stereocenters. The van der Waals surface area contributed by atoms with Crippen LogP contribution in [0, 0.1) is 17.8 Å². The SMILES string of the molecule is CC1C(=O)CCN(CC#Cc2ccccc2)C1C.Cl. The van der Waals surface area contributed by atoms with Gasteiger partial charge in [0.05, 0.1) is 6.54 Å². The highest BCUT2D eigenvalue weighted by atomic mass is 35.5. The smallest absolute Gasteiger partial charge is 0.138 e. The number of Topliss-reactive ketones (excluding diaryl/α,β-unsaturated/α-hetero) is 1. The van der Waals surface area contributed by atoms with E-state index in [1.807, 2.05) is 37.3 Å². The topological polar surface area (TPSA) is 20.3 Å². The number of halogens is 1. The maximum absolute atomic E-state index is 11.6. The van der Waals surface area contributed by atoms with Crippen molar-refractivity contribution >= 4 is 18.2 Å². The lowest BCUT2D eigenvalue weighted by Crippen LogP contribution is -2.46. The van der Waals surface area contributed by atoms with E-state index in [2.05, 4.69) is 23.7 Å². The number of ketones is 1. The highest BCUT2D eigenvalue weighted by molar-refractivity contribution is 5.85. The van der Waals surface area contributed by atoms with Crippen molar-refractivity contribution in [2.24, 2.45) is 5.92 Å². The van der Waals surface area contributed by atoms with E-state index in [0.29, 0.717) is 18.2 Å². The zero-order valence-electron chi connectivity index (χ0n) is 11.4. The molecule has 19 heavy (non-hydrogen) atoms. The molecule has 0 spiro atoms. The molecular weight excluding hydrogens is 258 g/mol. The Morgan fingerprint density at radius 1 is 1.26 bits per heavy atom. The number of rotatable bonds is 1. The third kappa shape index (κ3) is 4.09. The number of piperidine rings is 1. The molecule has 0 aromatic heterocycles. The van der Waals surface area contributed by atoms with E-state index < -0.39 is 0 Å². The Balaban J connectivity index is 0.00000180. The van der Waals surface area contributed by atoms with Gasteiger partial charge in [0.25, 0.3) is 0 Å². The third-order valence-corrected chi connectivity index (χ3v) is 3.74. The van der Waals surface area contributed by atoms with Crippen molar-refractivity contribution in [3.8, 4) is 11.8 Å². The predicted molar refractivity (Wildman–Crippen MR) is 80.4 cm³/mol. The fraction of sp³-hybridized carbons (Fsp3) is 0.438. The van der Waals surface area contributed by atoms with Gasteiger partial charge < -0.3 is 0 Å². The average Bonchev–Trinajstić information content (AvgIpc) is 2.40. The summed E-state index contributed by atoms with van der Waals surface area (Å²) in [5.41, 5.74) is 1.05. The van der Waals surface area contributed by atoms with Gasteiger partial charge in [-0.15, -0.1) is 12.4 Å². The molecule has 102 valence electrons. The Morgan fingerprint density at radius 3 is 2.63 bits per heavy atom. The Kier molecular flexibility index (Phi) is 6.08. The maximum Gasteiger partial charge on any atom is 0.138 e. The van der Waals surface area contributed by atoms with Gasteiger partial charge in [0.2, 0.25) is 0 Å².